The van der Waals surface area contributed by atoms with E-state index in [0.717, 1.165) is 15.3 Å². The summed E-state index contributed by atoms with van der Waals surface area (Å²) in [5.41, 5.74) is 0.887. The predicted octanol–water partition coefficient (Wildman–Crippen LogP) is 1.15. The lowest BCUT2D eigenvalue weighted by atomic mass is 10.3. The van der Waals surface area contributed by atoms with Gasteiger partial charge in [0, 0.05) is 16.9 Å². The molecule has 0 aliphatic heterocycles. The summed E-state index contributed by atoms with van der Waals surface area (Å²) in [5.74, 6) is -1.15. The molecule has 3 rings (SSSR count). The van der Waals surface area contributed by atoms with Crippen molar-refractivity contribution in [2.24, 2.45) is 5.10 Å². The van der Waals surface area contributed by atoms with Crippen molar-refractivity contribution in [1.82, 2.24) is 20.0 Å². The van der Waals surface area contributed by atoms with Gasteiger partial charge in [0.15, 0.2) is 0 Å². The molecule has 9 nitrogen and oxygen atoms in total. The van der Waals surface area contributed by atoms with Gasteiger partial charge in [-0.3, -0.25) is 19.6 Å². The van der Waals surface area contributed by atoms with Gasteiger partial charge < -0.3 is 5.11 Å². The number of carbonyl (C=O) groups excluding carboxylic acids is 1. The van der Waals surface area contributed by atoms with Crippen molar-refractivity contribution >= 4 is 28.1 Å². The maximum atomic E-state index is 12.1. The first-order chi connectivity index (χ1) is 13.0. The number of hydrazone groups is 1. The number of carbonyl (C=O) groups is 1. The summed E-state index contributed by atoms with van der Waals surface area (Å²) in [6.45, 7) is 0. The highest BCUT2D eigenvalue weighted by atomic mass is 79.9. The minimum Gasteiger partial charge on any atom is -0.493 e. The van der Waals surface area contributed by atoms with E-state index in [0.29, 0.717) is 5.69 Å². The molecular weight excluding hydrogens is 418 g/mol. The van der Waals surface area contributed by atoms with Crippen molar-refractivity contribution in [3.05, 3.63) is 85.2 Å². The molecule has 1 amide bonds. The van der Waals surface area contributed by atoms with Gasteiger partial charge in [-0.1, -0.05) is 15.9 Å². The number of hydrogen-bond acceptors (Lipinski definition) is 6. The van der Waals surface area contributed by atoms with Gasteiger partial charge in [0.2, 0.25) is 5.88 Å². The minimum absolute atomic E-state index is 0.271. The molecule has 0 saturated carbocycles. The van der Waals surface area contributed by atoms with Gasteiger partial charge >= 0.3 is 5.69 Å². The average molecular weight is 430 g/mol. The number of nitrogens with one attached hydrogen (secondary N) is 2. The molecule has 0 aliphatic rings. The zero-order valence-corrected chi connectivity index (χ0v) is 15.2. The van der Waals surface area contributed by atoms with Crippen molar-refractivity contribution in [3.8, 4) is 11.6 Å². The summed E-state index contributed by atoms with van der Waals surface area (Å²) in [5, 5.41) is 14.0. The number of rotatable bonds is 4. The summed E-state index contributed by atoms with van der Waals surface area (Å²) >= 11 is 3.27. The van der Waals surface area contributed by atoms with Gasteiger partial charge in [0.1, 0.15) is 5.56 Å². The number of aromatic nitrogens is 3. The van der Waals surface area contributed by atoms with E-state index in [1.807, 2.05) is 0 Å². The lowest BCUT2D eigenvalue weighted by molar-refractivity contribution is 0.0954. The predicted molar refractivity (Wildman–Crippen MR) is 101 cm³/mol. The summed E-state index contributed by atoms with van der Waals surface area (Å²) in [6, 6.07) is 9.63. The highest BCUT2D eigenvalue weighted by molar-refractivity contribution is 9.10. The Kier molecular flexibility index (Phi) is 5.27. The van der Waals surface area contributed by atoms with E-state index in [-0.39, 0.29) is 11.1 Å². The van der Waals surface area contributed by atoms with Gasteiger partial charge in [-0.2, -0.15) is 5.10 Å². The summed E-state index contributed by atoms with van der Waals surface area (Å²) in [4.78, 5) is 41.9. The van der Waals surface area contributed by atoms with E-state index in [2.05, 4.69) is 36.4 Å². The largest absolute Gasteiger partial charge is 0.493 e. The van der Waals surface area contributed by atoms with Crippen molar-refractivity contribution in [2.45, 2.75) is 0 Å². The Morgan fingerprint density at radius 1 is 1.26 bits per heavy atom. The Balaban J connectivity index is 1.93. The average Bonchev–Trinajstić information content (AvgIpc) is 2.66. The lowest BCUT2D eigenvalue weighted by Crippen LogP contribution is -2.31. The van der Waals surface area contributed by atoms with Gasteiger partial charge in [0.05, 0.1) is 17.5 Å². The summed E-state index contributed by atoms with van der Waals surface area (Å²) in [7, 11) is 0. The number of H-pyrrole nitrogens is 1. The topological polar surface area (TPSA) is 129 Å². The van der Waals surface area contributed by atoms with Crippen molar-refractivity contribution in [3.63, 3.8) is 0 Å². The second-order valence-electron chi connectivity index (χ2n) is 5.25. The lowest BCUT2D eigenvalue weighted by Gasteiger charge is -2.09. The van der Waals surface area contributed by atoms with Crippen LogP contribution in [0.25, 0.3) is 5.69 Å². The van der Waals surface area contributed by atoms with E-state index in [4.69, 9.17) is 0 Å². The Morgan fingerprint density at radius 3 is 2.67 bits per heavy atom. The maximum absolute atomic E-state index is 12.1. The Bertz CT molecular complexity index is 1120. The number of halogens is 1. The van der Waals surface area contributed by atoms with Gasteiger partial charge in [-0.15, -0.1) is 0 Å². The SMILES string of the molecule is O=C(N/N=C/c1c(O)n(-c2ccc(Br)cc2)c(=O)[nH]c1=O)c1cccnc1. The molecule has 0 unspecified atom stereocenters. The first-order valence-electron chi connectivity index (χ1n) is 7.55. The van der Waals surface area contributed by atoms with E-state index < -0.39 is 23.0 Å². The van der Waals surface area contributed by atoms with Gasteiger partial charge in [-0.25, -0.2) is 14.8 Å². The van der Waals surface area contributed by atoms with E-state index in [1.54, 1.807) is 30.3 Å². The quantitative estimate of drug-likeness (QED) is 0.423. The highest BCUT2D eigenvalue weighted by Gasteiger charge is 2.14. The highest BCUT2D eigenvalue weighted by Crippen LogP contribution is 2.17. The molecule has 3 aromatic rings. The molecule has 0 saturated heterocycles. The summed E-state index contributed by atoms with van der Waals surface area (Å²) in [6.07, 6.45) is 3.82. The van der Waals surface area contributed by atoms with E-state index >= 15 is 0 Å². The Labute approximate surface area is 160 Å². The second kappa shape index (κ2) is 7.79. The molecule has 0 aliphatic carbocycles. The van der Waals surface area contributed by atoms with Crippen LogP contribution < -0.4 is 16.7 Å². The number of benzene rings is 1. The Morgan fingerprint density at radius 2 is 2.00 bits per heavy atom. The van der Waals surface area contributed by atoms with Crippen LogP contribution in [0.3, 0.4) is 0 Å². The molecule has 0 atom stereocenters. The Hall–Kier alpha value is -3.53. The standard InChI is InChI=1S/C17H12BrN5O4/c18-11-3-5-12(6-4-11)23-16(26)13(15(25)21-17(23)27)9-20-22-14(24)10-2-1-7-19-8-10/h1-9,26H,(H,22,24)(H,21,25,27)/b20-9+. The van der Waals surface area contributed by atoms with Crippen LogP contribution in [0.1, 0.15) is 15.9 Å². The third-order valence-corrected chi connectivity index (χ3v) is 4.02. The molecule has 3 N–H and O–H groups in total. The molecule has 1 aromatic carbocycles. The molecule has 2 aromatic heterocycles. The molecule has 136 valence electrons. The normalized spacial score (nSPS) is 10.9. The van der Waals surface area contributed by atoms with Gasteiger partial charge in [-0.05, 0) is 36.4 Å². The fraction of sp³-hybridized carbons (Fsp3) is 0. The number of nitrogens with zero attached hydrogens (tertiary/aromatic N) is 3. The molecule has 0 fully saturated rings. The van der Waals surface area contributed by atoms with Crippen LogP contribution in [0.15, 0.2) is 68.0 Å². The zero-order chi connectivity index (χ0) is 19.4. The molecule has 0 bridgehead atoms. The second-order valence-corrected chi connectivity index (χ2v) is 6.16. The van der Waals surface area contributed by atoms with Gasteiger partial charge in [0.25, 0.3) is 11.5 Å². The molecule has 27 heavy (non-hydrogen) atoms. The van der Waals surface area contributed by atoms with Crippen LogP contribution >= 0.6 is 15.9 Å². The van der Waals surface area contributed by atoms with Crippen molar-refractivity contribution < 1.29 is 9.90 Å². The molecule has 0 spiro atoms. The fourth-order valence-electron chi connectivity index (χ4n) is 2.20. The third kappa shape index (κ3) is 4.01. The number of amides is 1. The first kappa shape index (κ1) is 18.3. The summed E-state index contributed by atoms with van der Waals surface area (Å²) < 4.78 is 1.70. The molecular formula is C17H12BrN5O4. The van der Waals surface area contributed by atoms with E-state index in [1.165, 1.54) is 18.5 Å². The monoisotopic (exact) mass is 429 g/mol. The number of aromatic amines is 1. The number of aromatic hydroxyl groups is 1. The van der Waals surface area contributed by atoms with Crippen LogP contribution in [0, 0.1) is 0 Å². The number of pyridine rings is 1. The first-order valence-corrected chi connectivity index (χ1v) is 8.34. The van der Waals surface area contributed by atoms with Crippen molar-refractivity contribution in [2.75, 3.05) is 0 Å². The zero-order valence-electron chi connectivity index (χ0n) is 13.6. The van der Waals surface area contributed by atoms with Crippen LogP contribution in [0.2, 0.25) is 0 Å². The van der Waals surface area contributed by atoms with Crippen LogP contribution in [-0.2, 0) is 0 Å². The van der Waals surface area contributed by atoms with Crippen LogP contribution in [0.5, 0.6) is 5.88 Å². The molecule has 10 heteroatoms. The van der Waals surface area contributed by atoms with Crippen LogP contribution in [-0.4, -0.2) is 31.8 Å². The minimum atomic E-state index is -0.842. The third-order valence-electron chi connectivity index (χ3n) is 3.49. The molecule has 0 radical (unpaired) electrons. The van der Waals surface area contributed by atoms with Crippen LogP contribution in [0.4, 0.5) is 0 Å². The molecule has 2 heterocycles. The smallest absolute Gasteiger partial charge is 0.335 e. The maximum Gasteiger partial charge on any atom is 0.335 e. The van der Waals surface area contributed by atoms with Crippen molar-refractivity contribution in [1.29, 1.82) is 0 Å². The van der Waals surface area contributed by atoms with E-state index in [9.17, 15) is 19.5 Å². The fourth-order valence-corrected chi connectivity index (χ4v) is 2.47. The number of hydrogen-bond donors (Lipinski definition) is 3.